The average Bonchev–Trinajstić information content (AvgIpc) is 2.53. The van der Waals surface area contributed by atoms with E-state index in [1.54, 1.807) is 0 Å². The van der Waals surface area contributed by atoms with Gasteiger partial charge in [-0.3, -0.25) is 4.79 Å². The van der Waals surface area contributed by atoms with E-state index in [1.807, 2.05) is 25.1 Å². The number of hydrogen-bond donors (Lipinski definition) is 1. The zero-order valence-corrected chi connectivity index (χ0v) is 12.9. The predicted molar refractivity (Wildman–Crippen MR) is 86.2 cm³/mol. The highest BCUT2D eigenvalue weighted by molar-refractivity contribution is 5.87. The third-order valence-corrected chi connectivity index (χ3v) is 4.40. The van der Waals surface area contributed by atoms with E-state index >= 15 is 0 Å². The number of rotatable bonds is 5. The van der Waals surface area contributed by atoms with Gasteiger partial charge in [0.15, 0.2) is 0 Å². The summed E-state index contributed by atoms with van der Waals surface area (Å²) < 4.78 is 4.88. The van der Waals surface area contributed by atoms with Crippen molar-refractivity contribution in [2.24, 2.45) is 5.73 Å². The number of carbonyl (C=O) groups is 1. The summed E-state index contributed by atoms with van der Waals surface area (Å²) >= 11 is 0. The highest BCUT2D eigenvalue weighted by Gasteiger charge is 2.36. The Kier molecular flexibility index (Phi) is 4.63. The Labute approximate surface area is 126 Å². The van der Waals surface area contributed by atoms with E-state index in [2.05, 4.69) is 31.2 Å². The molecule has 3 heteroatoms. The van der Waals surface area contributed by atoms with Crippen molar-refractivity contribution in [3.8, 4) is 0 Å². The normalized spacial score (nSPS) is 15.4. The van der Waals surface area contributed by atoms with Crippen molar-refractivity contribution in [1.29, 1.82) is 0 Å². The molecular formula is C18H23NO2. The van der Waals surface area contributed by atoms with Gasteiger partial charge in [-0.05, 0) is 22.8 Å². The zero-order valence-electron chi connectivity index (χ0n) is 12.9. The molecule has 0 saturated carbocycles. The van der Waals surface area contributed by atoms with Crippen LogP contribution < -0.4 is 5.73 Å². The molecule has 112 valence electrons. The number of methoxy groups -OCH3 is 1. The van der Waals surface area contributed by atoms with Crippen molar-refractivity contribution in [3.05, 3.63) is 48.0 Å². The van der Waals surface area contributed by atoms with Gasteiger partial charge < -0.3 is 10.5 Å². The number of nitrogens with two attached hydrogens (primary N) is 1. The summed E-state index contributed by atoms with van der Waals surface area (Å²) in [5.41, 5.74) is 7.04. The lowest BCUT2D eigenvalue weighted by Crippen LogP contribution is -2.44. The van der Waals surface area contributed by atoms with E-state index in [1.165, 1.54) is 7.11 Å². The van der Waals surface area contributed by atoms with Gasteiger partial charge in [0.2, 0.25) is 0 Å². The van der Waals surface area contributed by atoms with Crippen molar-refractivity contribution in [2.45, 2.75) is 38.1 Å². The van der Waals surface area contributed by atoms with Crippen molar-refractivity contribution >= 4 is 16.7 Å². The van der Waals surface area contributed by atoms with Gasteiger partial charge in [-0.1, -0.05) is 56.3 Å². The molecule has 0 aliphatic carbocycles. The van der Waals surface area contributed by atoms with Gasteiger partial charge in [0.1, 0.15) is 0 Å². The van der Waals surface area contributed by atoms with Crippen LogP contribution in [0.5, 0.6) is 0 Å². The Hall–Kier alpha value is -1.87. The Bertz CT molecular complexity index is 633. The largest absolute Gasteiger partial charge is 0.469 e. The first-order valence-corrected chi connectivity index (χ1v) is 7.33. The fraction of sp³-hybridized carbons (Fsp3) is 0.389. The first kappa shape index (κ1) is 15.5. The molecule has 0 heterocycles. The summed E-state index contributed by atoms with van der Waals surface area (Å²) in [6, 6.07) is 14.3. The fourth-order valence-electron chi connectivity index (χ4n) is 2.97. The number of ether oxygens (including phenoxy) is 1. The van der Waals surface area contributed by atoms with E-state index in [0.717, 1.165) is 22.8 Å². The topological polar surface area (TPSA) is 52.3 Å². The molecule has 2 aromatic carbocycles. The molecule has 21 heavy (non-hydrogen) atoms. The predicted octanol–water partition coefficient (Wildman–Crippen LogP) is 3.40. The molecule has 0 saturated heterocycles. The maximum atomic E-state index is 11.9. The second kappa shape index (κ2) is 6.27. The smallest absolute Gasteiger partial charge is 0.306 e. The van der Waals surface area contributed by atoms with Crippen LogP contribution in [0.4, 0.5) is 0 Å². The van der Waals surface area contributed by atoms with Gasteiger partial charge in [0.25, 0.3) is 0 Å². The van der Waals surface area contributed by atoms with Gasteiger partial charge in [-0.2, -0.15) is 0 Å². The summed E-state index contributed by atoms with van der Waals surface area (Å²) in [5.74, 6) is -0.227. The van der Waals surface area contributed by atoms with Crippen LogP contribution in [0.3, 0.4) is 0 Å². The lowest BCUT2D eigenvalue weighted by molar-refractivity contribution is -0.142. The minimum absolute atomic E-state index is 0.109. The Morgan fingerprint density at radius 3 is 2.57 bits per heavy atom. The first-order valence-electron chi connectivity index (χ1n) is 7.33. The van der Waals surface area contributed by atoms with Crippen LogP contribution in [0.15, 0.2) is 42.5 Å². The van der Waals surface area contributed by atoms with E-state index in [9.17, 15) is 4.79 Å². The summed E-state index contributed by atoms with van der Waals surface area (Å²) in [6.07, 6.45) is 1.09. The number of benzene rings is 2. The van der Waals surface area contributed by atoms with Gasteiger partial charge in [-0.15, -0.1) is 0 Å². The minimum Gasteiger partial charge on any atom is -0.469 e. The van der Waals surface area contributed by atoms with Gasteiger partial charge in [0.05, 0.1) is 13.5 Å². The molecule has 0 bridgehead atoms. The van der Waals surface area contributed by atoms with Crippen LogP contribution >= 0.6 is 0 Å². The molecule has 2 aromatic rings. The summed E-state index contributed by atoms with van der Waals surface area (Å²) in [6.45, 7) is 4.10. The third-order valence-electron chi connectivity index (χ3n) is 4.40. The molecule has 0 radical (unpaired) electrons. The van der Waals surface area contributed by atoms with Crippen LogP contribution in [0, 0.1) is 0 Å². The number of hydrogen-bond acceptors (Lipinski definition) is 3. The SMILES string of the molecule is CCC(N)C(C)(CC(=O)OC)c1cccc2ccccc12. The van der Waals surface area contributed by atoms with Crippen molar-refractivity contribution in [3.63, 3.8) is 0 Å². The summed E-state index contributed by atoms with van der Waals surface area (Å²) in [7, 11) is 1.42. The van der Waals surface area contributed by atoms with Gasteiger partial charge in [0, 0.05) is 11.5 Å². The van der Waals surface area contributed by atoms with Crippen LogP contribution in [-0.2, 0) is 14.9 Å². The van der Waals surface area contributed by atoms with Crippen LogP contribution in [-0.4, -0.2) is 19.1 Å². The van der Waals surface area contributed by atoms with E-state index in [4.69, 9.17) is 10.5 Å². The van der Waals surface area contributed by atoms with E-state index in [-0.39, 0.29) is 18.4 Å². The fourth-order valence-corrected chi connectivity index (χ4v) is 2.97. The zero-order chi connectivity index (χ0) is 15.5. The highest BCUT2D eigenvalue weighted by atomic mass is 16.5. The van der Waals surface area contributed by atoms with Crippen molar-refractivity contribution in [1.82, 2.24) is 0 Å². The third kappa shape index (κ3) is 2.93. The molecule has 2 rings (SSSR count). The molecule has 2 N–H and O–H groups in total. The van der Waals surface area contributed by atoms with E-state index in [0.29, 0.717) is 0 Å². The van der Waals surface area contributed by atoms with Crippen LogP contribution in [0.2, 0.25) is 0 Å². The molecule has 3 nitrogen and oxygen atoms in total. The van der Waals surface area contributed by atoms with Crippen molar-refractivity contribution < 1.29 is 9.53 Å². The number of fused-ring (bicyclic) bond motifs is 1. The van der Waals surface area contributed by atoms with Gasteiger partial charge >= 0.3 is 5.97 Å². The standard InChI is InChI=1S/C18H23NO2/c1-4-16(19)18(2,12-17(20)21-3)15-11-7-9-13-8-5-6-10-14(13)15/h5-11,16H,4,12,19H2,1-3H3. The molecule has 0 spiro atoms. The lowest BCUT2D eigenvalue weighted by Gasteiger charge is -2.35. The minimum atomic E-state index is -0.442. The molecule has 2 atom stereocenters. The molecule has 0 fully saturated rings. The van der Waals surface area contributed by atoms with E-state index < -0.39 is 5.41 Å². The molecule has 0 aromatic heterocycles. The Morgan fingerprint density at radius 2 is 1.90 bits per heavy atom. The lowest BCUT2D eigenvalue weighted by atomic mass is 9.71. The summed E-state index contributed by atoms with van der Waals surface area (Å²) in [5, 5.41) is 2.31. The van der Waals surface area contributed by atoms with Gasteiger partial charge in [-0.25, -0.2) is 0 Å². The Morgan fingerprint density at radius 1 is 1.24 bits per heavy atom. The number of esters is 1. The molecule has 2 unspecified atom stereocenters. The van der Waals surface area contributed by atoms with Crippen LogP contribution in [0.25, 0.3) is 10.8 Å². The maximum absolute atomic E-state index is 11.9. The molecule has 0 amide bonds. The second-order valence-electron chi connectivity index (χ2n) is 5.71. The number of carbonyl (C=O) groups excluding carboxylic acids is 1. The molecule has 0 aliphatic rings. The second-order valence-corrected chi connectivity index (χ2v) is 5.71. The molecular weight excluding hydrogens is 262 g/mol. The maximum Gasteiger partial charge on any atom is 0.306 e. The monoisotopic (exact) mass is 285 g/mol. The first-order chi connectivity index (χ1) is 10.0. The van der Waals surface area contributed by atoms with Crippen molar-refractivity contribution in [2.75, 3.05) is 7.11 Å². The Balaban J connectivity index is 2.61. The van der Waals surface area contributed by atoms with Crippen LogP contribution in [0.1, 0.15) is 32.3 Å². The average molecular weight is 285 g/mol. The summed E-state index contributed by atoms with van der Waals surface area (Å²) in [4.78, 5) is 11.9. The molecule has 0 aliphatic heterocycles. The quantitative estimate of drug-likeness (QED) is 0.857. The highest BCUT2D eigenvalue weighted by Crippen LogP contribution is 2.36.